The number of nitrogen functional groups attached to an aromatic ring is 1. The van der Waals surface area contributed by atoms with E-state index in [0.29, 0.717) is 43.7 Å². The average molecular weight is 623 g/mol. The summed E-state index contributed by atoms with van der Waals surface area (Å²) in [6, 6.07) is 0. The highest BCUT2D eigenvalue weighted by atomic mass is 19.1. The Morgan fingerprint density at radius 1 is 1.02 bits per heavy atom. The largest absolute Gasteiger partial charge is 0.510 e. The predicted molar refractivity (Wildman–Crippen MR) is 168 cm³/mol. The number of aryl methyl sites for hydroxylation is 1. The van der Waals surface area contributed by atoms with Crippen molar-refractivity contribution < 1.29 is 33.2 Å². The number of unbranched alkanes of at least 4 members (excludes halogenated alkanes) is 13. The van der Waals surface area contributed by atoms with Gasteiger partial charge in [-0.05, 0) is 38.5 Å². The van der Waals surface area contributed by atoms with E-state index in [4.69, 9.17) is 24.7 Å². The molecule has 0 bridgehead atoms. The Bertz CT molecular complexity index is 1010. The van der Waals surface area contributed by atoms with Gasteiger partial charge in [0.15, 0.2) is 12.6 Å². The highest BCUT2D eigenvalue weighted by molar-refractivity contribution is 5.73. The van der Waals surface area contributed by atoms with Crippen molar-refractivity contribution in [2.24, 2.45) is 10.9 Å². The van der Waals surface area contributed by atoms with Gasteiger partial charge in [0.1, 0.15) is 11.3 Å². The number of anilines is 1. The number of ether oxygens (including phenoxy) is 4. The van der Waals surface area contributed by atoms with E-state index in [-0.39, 0.29) is 31.2 Å². The highest BCUT2D eigenvalue weighted by Gasteiger charge is 2.45. The zero-order chi connectivity index (χ0) is 31.6. The van der Waals surface area contributed by atoms with Crippen LogP contribution in [0.3, 0.4) is 0 Å². The van der Waals surface area contributed by atoms with E-state index in [0.717, 1.165) is 19.3 Å². The number of nitrogens with zero attached hydrogens (tertiary/aromatic N) is 3. The van der Waals surface area contributed by atoms with Crippen LogP contribution in [0.1, 0.15) is 129 Å². The monoisotopic (exact) mass is 622 g/mol. The molecule has 1 fully saturated rings. The molecule has 1 unspecified atom stereocenters. The fourth-order valence-electron chi connectivity index (χ4n) is 6.01. The Hall–Kier alpha value is -2.37. The van der Waals surface area contributed by atoms with Crippen molar-refractivity contribution in [2.75, 3.05) is 25.7 Å². The van der Waals surface area contributed by atoms with Gasteiger partial charge in [-0.15, -0.1) is 0 Å². The quantitative estimate of drug-likeness (QED) is 0.0623. The second kappa shape index (κ2) is 19.9. The van der Waals surface area contributed by atoms with E-state index in [1.807, 2.05) is 0 Å². The topological polar surface area (TPSA) is 138 Å². The minimum absolute atomic E-state index is 0.0302. The molecule has 1 aromatic heterocycles. The Morgan fingerprint density at radius 3 is 2.32 bits per heavy atom. The van der Waals surface area contributed by atoms with Gasteiger partial charge in [0.05, 0.1) is 31.1 Å². The lowest BCUT2D eigenvalue weighted by Crippen LogP contribution is -2.41. The summed E-state index contributed by atoms with van der Waals surface area (Å²) in [7, 11) is 0. The molecule has 2 aliphatic rings. The number of hydrogen-bond acceptors (Lipinski definition) is 10. The molecule has 11 heteroatoms. The van der Waals surface area contributed by atoms with E-state index in [1.165, 1.54) is 70.6 Å². The smallest absolute Gasteiger partial charge is 0.434 e. The third kappa shape index (κ3) is 12.9. The number of rotatable bonds is 21. The first kappa shape index (κ1) is 36.1. The second-order valence-electron chi connectivity index (χ2n) is 12.6. The molecule has 1 aromatic rings. The number of aromatic nitrogens is 2. The number of carbonyl (C=O) groups is 1. The molecule has 0 spiro atoms. The molecule has 44 heavy (non-hydrogen) atoms. The van der Waals surface area contributed by atoms with Crippen LogP contribution in [-0.4, -0.2) is 65.3 Å². The molecule has 4 atom stereocenters. The van der Waals surface area contributed by atoms with Crippen molar-refractivity contribution in [3.8, 4) is 0 Å². The zero-order valence-electron chi connectivity index (χ0n) is 26.9. The normalized spacial score (nSPS) is 23.0. The van der Waals surface area contributed by atoms with E-state index in [1.54, 1.807) is 13.1 Å². The van der Waals surface area contributed by atoms with Crippen molar-refractivity contribution in [2.45, 2.75) is 147 Å². The fraction of sp³-hybridized carbons (Fsp3) is 0.818. The first-order valence-electron chi connectivity index (χ1n) is 16.9. The maximum Gasteiger partial charge on any atom is 0.510 e. The molecule has 250 valence electrons. The number of aliphatic hydroxyl groups is 1. The van der Waals surface area contributed by atoms with Gasteiger partial charge in [-0.1, -0.05) is 90.4 Å². The van der Waals surface area contributed by atoms with Crippen LogP contribution in [0.15, 0.2) is 4.99 Å². The van der Waals surface area contributed by atoms with Crippen LogP contribution in [0.5, 0.6) is 0 Å². The Labute approximate surface area is 262 Å². The Morgan fingerprint density at radius 2 is 1.66 bits per heavy atom. The van der Waals surface area contributed by atoms with Crippen LogP contribution in [0.4, 0.5) is 20.7 Å². The van der Waals surface area contributed by atoms with Crippen LogP contribution in [0.2, 0.25) is 0 Å². The van der Waals surface area contributed by atoms with Gasteiger partial charge < -0.3 is 29.8 Å². The van der Waals surface area contributed by atoms with E-state index < -0.39 is 23.9 Å². The lowest BCUT2D eigenvalue weighted by molar-refractivity contribution is -0.142. The standard InChI is InChI=1S/C33H55FN4O6/c1-3-4-5-6-7-8-9-10-11-12-13-14-15-16-19-42-32(40)43-24-41-23-33(2)28(39)21-26(44-33)20-25-17-18-27-29(36-22-25)30(35)38-31(34)37-27/h22,25-26,28,39H,3-21,23-24H2,1-2H3,(H2,35,37,38)/t25?,26-,28-,33+/m0/s1. The molecule has 0 radical (unpaired) electrons. The van der Waals surface area contributed by atoms with Gasteiger partial charge in [-0.3, -0.25) is 4.99 Å². The van der Waals surface area contributed by atoms with Crippen molar-refractivity contribution >= 4 is 23.9 Å². The van der Waals surface area contributed by atoms with E-state index in [2.05, 4.69) is 21.9 Å². The van der Waals surface area contributed by atoms with Crippen molar-refractivity contribution in [1.29, 1.82) is 0 Å². The van der Waals surface area contributed by atoms with E-state index in [9.17, 15) is 14.3 Å². The SMILES string of the molecule is CCCCCCCCCCCCCCCCOC(=O)OCOC[C@@]1(C)O[C@@H](CC2C=Nc3c(N)nc(F)nc3CC2)C[C@@H]1O. The number of nitrogens with two attached hydrogens (primary N) is 1. The molecular formula is C33H55FN4O6. The van der Waals surface area contributed by atoms with Crippen LogP contribution in [-0.2, 0) is 25.4 Å². The van der Waals surface area contributed by atoms with Crippen LogP contribution >= 0.6 is 0 Å². The third-order valence-corrected chi connectivity index (χ3v) is 8.68. The van der Waals surface area contributed by atoms with Gasteiger partial charge in [-0.2, -0.15) is 9.37 Å². The lowest BCUT2D eigenvalue weighted by Gasteiger charge is -2.27. The Kier molecular flexibility index (Phi) is 16.3. The summed E-state index contributed by atoms with van der Waals surface area (Å²) in [5, 5.41) is 10.7. The van der Waals surface area contributed by atoms with Gasteiger partial charge in [0.2, 0.25) is 0 Å². The molecule has 0 saturated carbocycles. The second-order valence-corrected chi connectivity index (χ2v) is 12.6. The van der Waals surface area contributed by atoms with Gasteiger partial charge in [-0.25, -0.2) is 9.78 Å². The number of halogens is 1. The predicted octanol–water partition coefficient (Wildman–Crippen LogP) is 7.37. The molecule has 0 aliphatic carbocycles. The van der Waals surface area contributed by atoms with Crippen LogP contribution < -0.4 is 5.73 Å². The molecule has 0 amide bonds. The molecular weight excluding hydrogens is 567 g/mol. The van der Waals surface area contributed by atoms with Crippen LogP contribution in [0.25, 0.3) is 0 Å². The summed E-state index contributed by atoms with van der Waals surface area (Å²) in [4.78, 5) is 23.7. The summed E-state index contributed by atoms with van der Waals surface area (Å²) in [6.07, 6.45) is 19.3. The number of aliphatic imine (C=N–C) groups is 1. The lowest BCUT2D eigenvalue weighted by atomic mass is 9.94. The van der Waals surface area contributed by atoms with Crippen molar-refractivity contribution in [3.05, 3.63) is 11.8 Å². The highest BCUT2D eigenvalue weighted by Crippen LogP contribution is 2.36. The number of fused-ring (bicyclic) bond motifs is 1. The summed E-state index contributed by atoms with van der Waals surface area (Å²) in [5.41, 5.74) is 5.79. The molecule has 3 N–H and O–H groups in total. The zero-order valence-corrected chi connectivity index (χ0v) is 26.9. The minimum Gasteiger partial charge on any atom is -0.434 e. The molecule has 2 aliphatic heterocycles. The van der Waals surface area contributed by atoms with Gasteiger partial charge in [0, 0.05) is 12.6 Å². The fourth-order valence-corrected chi connectivity index (χ4v) is 6.01. The maximum absolute atomic E-state index is 13.5. The van der Waals surface area contributed by atoms with Crippen molar-refractivity contribution in [1.82, 2.24) is 9.97 Å². The Balaban J connectivity index is 1.18. The number of aliphatic hydroxyl groups excluding tert-OH is 1. The summed E-state index contributed by atoms with van der Waals surface area (Å²) >= 11 is 0. The molecule has 3 rings (SSSR count). The summed E-state index contributed by atoms with van der Waals surface area (Å²) < 4.78 is 35.4. The minimum atomic E-state index is -0.934. The molecule has 10 nitrogen and oxygen atoms in total. The molecule has 1 saturated heterocycles. The third-order valence-electron chi connectivity index (χ3n) is 8.68. The molecule has 0 aromatic carbocycles. The van der Waals surface area contributed by atoms with Crippen molar-refractivity contribution in [3.63, 3.8) is 0 Å². The average Bonchev–Trinajstić information content (AvgIpc) is 3.12. The number of carbonyl (C=O) groups excluding carboxylic acids is 1. The summed E-state index contributed by atoms with van der Waals surface area (Å²) in [6.45, 7) is 4.16. The first-order valence-corrected chi connectivity index (χ1v) is 16.9. The van der Waals surface area contributed by atoms with Crippen LogP contribution in [0, 0.1) is 12.0 Å². The number of hydrogen-bond donors (Lipinski definition) is 2. The van der Waals surface area contributed by atoms with E-state index >= 15 is 0 Å². The first-order chi connectivity index (χ1) is 21.3. The van der Waals surface area contributed by atoms with Gasteiger partial charge >= 0.3 is 12.2 Å². The summed E-state index contributed by atoms with van der Waals surface area (Å²) in [5.74, 6) is 0.0764. The molecule has 3 heterocycles. The maximum atomic E-state index is 13.5. The van der Waals surface area contributed by atoms with Gasteiger partial charge in [0.25, 0.3) is 0 Å².